The van der Waals surface area contributed by atoms with E-state index in [2.05, 4.69) is 15.1 Å². The molecule has 78 valence electrons. The molecule has 0 saturated carbocycles. The van der Waals surface area contributed by atoms with Gasteiger partial charge in [0.15, 0.2) is 0 Å². The van der Waals surface area contributed by atoms with Gasteiger partial charge in [-0.3, -0.25) is 4.90 Å². The van der Waals surface area contributed by atoms with Crippen molar-refractivity contribution < 1.29 is 4.42 Å². The average molecular weight is 196 g/mol. The Balaban J connectivity index is 1.90. The number of aromatic nitrogens is 2. The van der Waals surface area contributed by atoms with E-state index in [1.54, 1.807) is 6.92 Å². The molecule has 0 aliphatic carbocycles. The second kappa shape index (κ2) is 4.06. The zero-order chi connectivity index (χ0) is 9.97. The van der Waals surface area contributed by atoms with E-state index in [9.17, 15) is 0 Å². The Morgan fingerprint density at radius 1 is 1.57 bits per heavy atom. The van der Waals surface area contributed by atoms with E-state index in [-0.39, 0.29) is 0 Å². The second-order valence-corrected chi connectivity index (χ2v) is 3.85. The zero-order valence-electron chi connectivity index (χ0n) is 8.44. The van der Waals surface area contributed by atoms with Crippen LogP contribution < -0.4 is 5.73 Å². The Morgan fingerprint density at radius 2 is 2.43 bits per heavy atom. The molecular formula is C9H16N4O. The molecule has 0 spiro atoms. The molecule has 5 heteroatoms. The van der Waals surface area contributed by atoms with Gasteiger partial charge < -0.3 is 10.2 Å². The molecule has 0 amide bonds. The number of piperidine rings is 1. The summed E-state index contributed by atoms with van der Waals surface area (Å²) in [7, 11) is 0. The molecule has 14 heavy (non-hydrogen) atoms. The molecular weight excluding hydrogens is 180 g/mol. The van der Waals surface area contributed by atoms with Crippen LogP contribution in [0, 0.1) is 6.92 Å². The molecule has 1 fully saturated rings. The lowest BCUT2D eigenvalue weighted by Crippen LogP contribution is -2.42. The first-order chi connectivity index (χ1) is 6.74. The number of likely N-dealkylation sites (tertiary alicyclic amines) is 1. The minimum atomic E-state index is 0.299. The van der Waals surface area contributed by atoms with Crippen molar-refractivity contribution >= 4 is 0 Å². The van der Waals surface area contributed by atoms with Gasteiger partial charge in [-0.2, -0.15) is 0 Å². The molecule has 1 aliphatic rings. The molecule has 1 aromatic rings. The fraction of sp³-hybridized carbons (Fsp3) is 0.778. The van der Waals surface area contributed by atoms with Crippen LogP contribution in [-0.2, 0) is 6.54 Å². The van der Waals surface area contributed by atoms with E-state index in [4.69, 9.17) is 10.2 Å². The summed E-state index contributed by atoms with van der Waals surface area (Å²) >= 11 is 0. The number of rotatable bonds is 2. The molecule has 0 bridgehead atoms. The van der Waals surface area contributed by atoms with Gasteiger partial charge in [0.2, 0.25) is 11.8 Å². The van der Waals surface area contributed by atoms with Crippen LogP contribution in [-0.4, -0.2) is 34.2 Å². The minimum absolute atomic E-state index is 0.299. The lowest BCUT2D eigenvalue weighted by atomic mass is 10.1. The van der Waals surface area contributed by atoms with Crippen molar-refractivity contribution in [1.82, 2.24) is 15.1 Å². The molecule has 1 aliphatic heterocycles. The first-order valence-electron chi connectivity index (χ1n) is 5.01. The van der Waals surface area contributed by atoms with Crippen LogP contribution in [0.5, 0.6) is 0 Å². The zero-order valence-corrected chi connectivity index (χ0v) is 8.44. The lowest BCUT2D eigenvalue weighted by Gasteiger charge is -2.29. The van der Waals surface area contributed by atoms with Crippen LogP contribution >= 0.6 is 0 Å². The number of hydrogen-bond donors (Lipinski definition) is 1. The smallest absolute Gasteiger partial charge is 0.230 e. The number of aryl methyl sites for hydroxylation is 1. The maximum Gasteiger partial charge on any atom is 0.230 e. The van der Waals surface area contributed by atoms with E-state index >= 15 is 0 Å². The summed E-state index contributed by atoms with van der Waals surface area (Å²) in [6, 6.07) is 0.299. The molecule has 5 nitrogen and oxygen atoms in total. The summed E-state index contributed by atoms with van der Waals surface area (Å²) in [4.78, 5) is 2.26. The predicted molar refractivity (Wildman–Crippen MR) is 51.5 cm³/mol. The molecule has 2 N–H and O–H groups in total. The summed E-state index contributed by atoms with van der Waals surface area (Å²) in [5, 5.41) is 7.76. The van der Waals surface area contributed by atoms with E-state index in [0.717, 1.165) is 32.5 Å². The third-order valence-corrected chi connectivity index (χ3v) is 2.47. The van der Waals surface area contributed by atoms with Gasteiger partial charge in [-0.25, -0.2) is 0 Å². The number of hydrogen-bond acceptors (Lipinski definition) is 5. The minimum Gasteiger partial charge on any atom is -0.424 e. The summed E-state index contributed by atoms with van der Waals surface area (Å²) in [5.74, 6) is 1.32. The van der Waals surface area contributed by atoms with Gasteiger partial charge in [0.25, 0.3) is 0 Å². The molecule has 0 unspecified atom stereocenters. The van der Waals surface area contributed by atoms with Crippen molar-refractivity contribution in [3.63, 3.8) is 0 Å². The van der Waals surface area contributed by atoms with Gasteiger partial charge >= 0.3 is 0 Å². The molecule has 2 heterocycles. The molecule has 0 aromatic carbocycles. The fourth-order valence-corrected chi connectivity index (χ4v) is 1.83. The van der Waals surface area contributed by atoms with E-state index in [1.807, 2.05) is 0 Å². The van der Waals surface area contributed by atoms with Crippen LogP contribution in [0.4, 0.5) is 0 Å². The lowest BCUT2D eigenvalue weighted by molar-refractivity contribution is 0.184. The second-order valence-electron chi connectivity index (χ2n) is 3.85. The van der Waals surface area contributed by atoms with Crippen LogP contribution in [0.2, 0.25) is 0 Å². The average Bonchev–Trinajstić information content (AvgIpc) is 2.51. The van der Waals surface area contributed by atoms with Crippen LogP contribution in [0.1, 0.15) is 24.6 Å². The highest BCUT2D eigenvalue weighted by Gasteiger charge is 2.18. The molecule has 1 atom stereocenters. The summed E-state index contributed by atoms with van der Waals surface area (Å²) < 4.78 is 5.32. The highest BCUT2D eigenvalue weighted by molar-refractivity contribution is 4.82. The maximum absolute atomic E-state index is 5.88. The maximum atomic E-state index is 5.88. The monoisotopic (exact) mass is 196 g/mol. The van der Waals surface area contributed by atoms with Crippen LogP contribution in [0.25, 0.3) is 0 Å². The summed E-state index contributed by atoms with van der Waals surface area (Å²) in [6.07, 6.45) is 2.29. The van der Waals surface area contributed by atoms with Crippen molar-refractivity contribution in [2.45, 2.75) is 32.4 Å². The highest BCUT2D eigenvalue weighted by Crippen LogP contribution is 2.11. The van der Waals surface area contributed by atoms with Crippen LogP contribution in [0.3, 0.4) is 0 Å². The molecule has 1 saturated heterocycles. The number of nitrogens with zero attached hydrogens (tertiary/aromatic N) is 3. The van der Waals surface area contributed by atoms with Gasteiger partial charge in [-0.05, 0) is 19.4 Å². The van der Waals surface area contributed by atoms with E-state index in [1.165, 1.54) is 0 Å². The molecule has 2 rings (SSSR count). The number of nitrogens with two attached hydrogens (primary N) is 1. The molecule has 1 aromatic heterocycles. The first-order valence-corrected chi connectivity index (χ1v) is 5.01. The Morgan fingerprint density at radius 3 is 3.07 bits per heavy atom. The Labute approximate surface area is 83.3 Å². The van der Waals surface area contributed by atoms with Gasteiger partial charge in [0.05, 0.1) is 6.54 Å². The molecule has 0 radical (unpaired) electrons. The van der Waals surface area contributed by atoms with Crippen molar-refractivity contribution in [2.75, 3.05) is 13.1 Å². The Bertz CT molecular complexity index is 299. The Kier molecular flexibility index (Phi) is 2.79. The van der Waals surface area contributed by atoms with E-state index < -0.39 is 0 Å². The highest BCUT2D eigenvalue weighted by atomic mass is 16.4. The van der Waals surface area contributed by atoms with Crippen molar-refractivity contribution in [2.24, 2.45) is 5.73 Å². The quantitative estimate of drug-likeness (QED) is 0.736. The van der Waals surface area contributed by atoms with Crippen molar-refractivity contribution in [3.8, 4) is 0 Å². The van der Waals surface area contributed by atoms with Crippen molar-refractivity contribution in [3.05, 3.63) is 11.8 Å². The van der Waals surface area contributed by atoms with Crippen LogP contribution in [0.15, 0.2) is 4.42 Å². The SMILES string of the molecule is Cc1nnc(CN2CCC[C@@H](N)C2)o1. The largest absolute Gasteiger partial charge is 0.424 e. The normalized spacial score (nSPS) is 24.0. The summed E-state index contributed by atoms with van der Waals surface area (Å²) in [6.45, 7) is 4.55. The summed E-state index contributed by atoms with van der Waals surface area (Å²) in [5.41, 5.74) is 5.88. The van der Waals surface area contributed by atoms with Gasteiger partial charge in [-0.15, -0.1) is 10.2 Å². The predicted octanol–water partition coefficient (Wildman–Crippen LogP) is 0.301. The third-order valence-electron chi connectivity index (χ3n) is 2.47. The topological polar surface area (TPSA) is 68.2 Å². The Hall–Kier alpha value is -0.940. The van der Waals surface area contributed by atoms with Gasteiger partial charge in [0, 0.05) is 19.5 Å². The fourth-order valence-electron chi connectivity index (χ4n) is 1.83. The third kappa shape index (κ3) is 2.30. The van der Waals surface area contributed by atoms with Gasteiger partial charge in [0.1, 0.15) is 0 Å². The van der Waals surface area contributed by atoms with Crippen molar-refractivity contribution in [1.29, 1.82) is 0 Å². The first kappa shape index (κ1) is 9.61. The standard InChI is InChI=1S/C9H16N4O/c1-7-11-12-9(14-7)6-13-4-2-3-8(10)5-13/h8H,2-6,10H2,1H3/t8-/m1/s1. The van der Waals surface area contributed by atoms with E-state index in [0.29, 0.717) is 17.8 Å². The van der Waals surface area contributed by atoms with Gasteiger partial charge in [-0.1, -0.05) is 0 Å².